The van der Waals surface area contributed by atoms with E-state index in [0.29, 0.717) is 12.1 Å². The molecule has 1 aliphatic carbocycles. The predicted octanol–water partition coefficient (Wildman–Crippen LogP) is 2.39. The molecule has 0 saturated heterocycles. The standard InChI is InChI=1S/C16H24N2O2/c1-16(2)13(9-14(16)19-3)18-10-11-5-4-6-12-15(11)20-8-7-17-12/h4-6,13-14,17-18H,7-10H2,1-3H3. The van der Waals surface area contributed by atoms with Crippen LogP contribution in [0.2, 0.25) is 0 Å². The second-order valence-corrected chi connectivity index (χ2v) is 6.28. The number of nitrogens with one attached hydrogen (secondary N) is 2. The molecule has 2 N–H and O–H groups in total. The highest BCUT2D eigenvalue weighted by atomic mass is 16.5. The van der Waals surface area contributed by atoms with Gasteiger partial charge >= 0.3 is 0 Å². The van der Waals surface area contributed by atoms with E-state index in [1.807, 2.05) is 0 Å². The smallest absolute Gasteiger partial charge is 0.146 e. The Morgan fingerprint density at radius 1 is 1.45 bits per heavy atom. The van der Waals surface area contributed by atoms with Crippen molar-refractivity contribution in [2.24, 2.45) is 5.41 Å². The van der Waals surface area contributed by atoms with Gasteiger partial charge in [-0.15, -0.1) is 0 Å². The summed E-state index contributed by atoms with van der Waals surface area (Å²) in [5.41, 5.74) is 2.53. The zero-order valence-corrected chi connectivity index (χ0v) is 12.5. The molecule has 1 saturated carbocycles. The number of para-hydroxylation sites is 1. The molecule has 0 amide bonds. The van der Waals surface area contributed by atoms with E-state index in [2.05, 4.69) is 42.7 Å². The van der Waals surface area contributed by atoms with Crippen molar-refractivity contribution in [3.05, 3.63) is 23.8 Å². The van der Waals surface area contributed by atoms with Crippen LogP contribution in [-0.2, 0) is 11.3 Å². The lowest BCUT2D eigenvalue weighted by Crippen LogP contribution is -2.60. The summed E-state index contributed by atoms with van der Waals surface area (Å²) in [6.45, 7) is 7.00. The van der Waals surface area contributed by atoms with E-state index in [4.69, 9.17) is 9.47 Å². The van der Waals surface area contributed by atoms with Crippen LogP contribution in [0.1, 0.15) is 25.8 Å². The second kappa shape index (κ2) is 5.26. The third-order valence-corrected chi connectivity index (χ3v) is 4.76. The number of methoxy groups -OCH3 is 1. The zero-order valence-electron chi connectivity index (χ0n) is 12.5. The Labute approximate surface area is 120 Å². The van der Waals surface area contributed by atoms with Crippen LogP contribution >= 0.6 is 0 Å². The number of anilines is 1. The van der Waals surface area contributed by atoms with Gasteiger partial charge in [-0.1, -0.05) is 26.0 Å². The highest BCUT2D eigenvalue weighted by Gasteiger charge is 2.48. The molecule has 1 aromatic carbocycles. The Bertz CT molecular complexity index is 487. The lowest BCUT2D eigenvalue weighted by atomic mass is 9.64. The summed E-state index contributed by atoms with van der Waals surface area (Å²) in [4.78, 5) is 0. The number of hydrogen-bond donors (Lipinski definition) is 2. The monoisotopic (exact) mass is 276 g/mol. The lowest BCUT2D eigenvalue weighted by Gasteiger charge is -2.51. The van der Waals surface area contributed by atoms with Gasteiger partial charge in [-0.05, 0) is 12.5 Å². The van der Waals surface area contributed by atoms with E-state index in [1.165, 1.54) is 5.56 Å². The molecule has 0 bridgehead atoms. The first-order valence-corrected chi connectivity index (χ1v) is 7.37. The summed E-state index contributed by atoms with van der Waals surface area (Å²) in [5.74, 6) is 1.01. The molecule has 1 aliphatic heterocycles. The summed E-state index contributed by atoms with van der Waals surface area (Å²) in [7, 11) is 1.80. The number of rotatable bonds is 4. The number of benzene rings is 1. The van der Waals surface area contributed by atoms with Crippen molar-refractivity contribution in [3.8, 4) is 5.75 Å². The third-order valence-electron chi connectivity index (χ3n) is 4.76. The molecule has 20 heavy (non-hydrogen) atoms. The first kappa shape index (κ1) is 13.7. The van der Waals surface area contributed by atoms with Gasteiger partial charge in [0.25, 0.3) is 0 Å². The van der Waals surface area contributed by atoms with Crippen LogP contribution < -0.4 is 15.4 Å². The molecule has 1 fully saturated rings. The van der Waals surface area contributed by atoms with Crippen LogP contribution in [0.25, 0.3) is 0 Å². The molecule has 0 radical (unpaired) electrons. The quantitative estimate of drug-likeness (QED) is 0.886. The molecule has 3 rings (SSSR count). The van der Waals surface area contributed by atoms with Crippen molar-refractivity contribution >= 4 is 5.69 Å². The minimum absolute atomic E-state index is 0.197. The van der Waals surface area contributed by atoms with E-state index < -0.39 is 0 Å². The van der Waals surface area contributed by atoms with Crippen molar-refractivity contribution in [1.29, 1.82) is 0 Å². The van der Waals surface area contributed by atoms with Crippen molar-refractivity contribution in [3.63, 3.8) is 0 Å². The number of fused-ring (bicyclic) bond motifs is 1. The molecule has 0 aromatic heterocycles. The van der Waals surface area contributed by atoms with Gasteiger partial charge in [-0.25, -0.2) is 0 Å². The Hall–Kier alpha value is -1.26. The van der Waals surface area contributed by atoms with Gasteiger partial charge in [0.15, 0.2) is 0 Å². The highest BCUT2D eigenvalue weighted by Crippen LogP contribution is 2.42. The third kappa shape index (κ3) is 2.27. The molecule has 1 heterocycles. The largest absolute Gasteiger partial charge is 0.489 e. The summed E-state index contributed by atoms with van der Waals surface area (Å²) >= 11 is 0. The van der Waals surface area contributed by atoms with Crippen molar-refractivity contribution in [2.45, 2.75) is 39.0 Å². The van der Waals surface area contributed by atoms with Crippen molar-refractivity contribution in [2.75, 3.05) is 25.6 Å². The first-order chi connectivity index (χ1) is 9.63. The van der Waals surface area contributed by atoms with Crippen LogP contribution in [-0.4, -0.2) is 32.4 Å². The topological polar surface area (TPSA) is 42.5 Å². The van der Waals surface area contributed by atoms with Gasteiger partial charge in [-0.3, -0.25) is 0 Å². The average molecular weight is 276 g/mol. The Morgan fingerprint density at radius 2 is 2.30 bits per heavy atom. The number of ether oxygens (including phenoxy) is 2. The SMILES string of the molecule is COC1CC(NCc2cccc3c2OCCN3)C1(C)C. The molecule has 2 aliphatic rings. The summed E-state index contributed by atoms with van der Waals surface area (Å²) in [6.07, 6.45) is 1.44. The number of hydrogen-bond acceptors (Lipinski definition) is 4. The van der Waals surface area contributed by atoms with E-state index >= 15 is 0 Å². The fourth-order valence-corrected chi connectivity index (χ4v) is 3.24. The van der Waals surface area contributed by atoms with Gasteiger partial charge in [-0.2, -0.15) is 0 Å². The summed E-state index contributed by atoms with van der Waals surface area (Å²) in [6, 6.07) is 6.80. The van der Waals surface area contributed by atoms with Crippen LogP contribution in [0, 0.1) is 5.41 Å². The van der Waals surface area contributed by atoms with Crippen LogP contribution in [0.3, 0.4) is 0 Å². The second-order valence-electron chi connectivity index (χ2n) is 6.28. The Kier molecular flexibility index (Phi) is 3.61. The van der Waals surface area contributed by atoms with E-state index in [-0.39, 0.29) is 5.41 Å². The van der Waals surface area contributed by atoms with Crippen molar-refractivity contribution < 1.29 is 9.47 Å². The van der Waals surface area contributed by atoms with Crippen LogP contribution in [0.4, 0.5) is 5.69 Å². The molecular formula is C16H24N2O2. The maximum Gasteiger partial charge on any atom is 0.146 e. The summed E-state index contributed by atoms with van der Waals surface area (Å²) < 4.78 is 11.3. The molecule has 0 spiro atoms. The molecule has 2 unspecified atom stereocenters. The highest BCUT2D eigenvalue weighted by molar-refractivity contribution is 5.61. The molecule has 110 valence electrons. The van der Waals surface area contributed by atoms with E-state index in [9.17, 15) is 0 Å². The molecule has 1 aromatic rings. The van der Waals surface area contributed by atoms with E-state index in [1.54, 1.807) is 7.11 Å². The van der Waals surface area contributed by atoms with Gasteiger partial charge < -0.3 is 20.1 Å². The Balaban J connectivity index is 1.65. The van der Waals surface area contributed by atoms with Gasteiger partial charge in [0.1, 0.15) is 12.4 Å². The fraction of sp³-hybridized carbons (Fsp3) is 0.625. The lowest BCUT2D eigenvalue weighted by molar-refractivity contribution is -0.0979. The van der Waals surface area contributed by atoms with Gasteiger partial charge in [0.05, 0.1) is 11.8 Å². The maximum atomic E-state index is 5.81. The van der Waals surface area contributed by atoms with Gasteiger partial charge in [0, 0.05) is 37.2 Å². The predicted molar refractivity (Wildman–Crippen MR) is 80.2 cm³/mol. The summed E-state index contributed by atoms with van der Waals surface area (Å²) in [5, 5.41) is 7.03. The average Bonchev–Trinajstić information content (AvgIpc) is 2.46. The van der Waals surface area contributed by atoms with E-state index in [0.717, 1.165) is 37.6 Å². The van der Waals surface area contributed by atoms with Gasteiger partial charge in [0.2, 0.25) is 0 Å². The first-order valence-electron chi connectivity index (χ1n) is 7.37. The van der Waals surface area contributed by atoms with Crippen LogP contribution in [0.15, 0.2) is 18.2 Å². The molecule has 2 atom stereocenters. The minimum atomic E-state index is 0.197. The molecular weight excluding hydrogens is 252 g/mol. The Morgan fingerprint density at radius 3 is 3.05 bits per heavy atom. The molecule has 4 heteroatoms. The maximum absolute atomic E-state index is 5.81. The fourth-order valence-electron chi connectivity index (χ4n) is 3.24. The minimum Gasteiger partial charge on any atom is -0.489 e. The molecule has 4 nitrogen and oxygen atoms in total. The van der Waals surface area contributed by atoms with Crippen LogP contribution in [0.5, 0.6) is 5.75 Å². The zero-order chi connectivity index (χ0) is 14.2. The normalized spacial score (nSPS) is 26.9. The van der Waals surface area contributed by atoms with Crippen molar-refractivity contribution in [1.82, 2.24) is 5.32 Å².